The fraction of sp³-hybridized carbons (Fsp3) is 0.263. The predicted octanol–water partition coefficient (Wildman–Crippen LogP) is 3.71. The van der Waals surface area contributed by atoms with Gasteiger partial charge < -0.3 is 20.3 Å². The van der Waals surface area contributed by atoms with Crippen molar-refractivity contribution >= 4 is 29.0 Å². The fourth-order valence-corrected chi connectivity index (χ4v) is 2.66. The van der Waals surface area contributed by atoms with E-state index in [0.29, 0.717) is 29.6 Å². The van der Waals surface area contributed by atoms with Gasteiger partial charge in [0.1, 0.15) is 5.75 Å². The SMILES string of the molecule is CC(C)CN1C(=O)COc2cc(NC(=O)Nc3ccccc3)ccc21. The fourth-order valence-electron chi connectivity index (χ4n) is 2.66. The highest BCUT2D eigenvalue weighted by Crippen LogP contribution is 2.35. The second-order valence-corrected chi connectivity index (χ2v) is 6.31. The molecule has 2 aromatic rings. The van der Waals surface area contributed by atoms with Gasteiger partial charge >= 0.3 is 6.03 Å². The number of rotatable bonds is 4. The van der Waals surface area contributed by atoms with Crippen LogP contribution in [0.3, 0.4) is 0 Å². The summed E-state index contributed by atoms with van der Waals surface area (Å²) in [7, 11) is 0. The number of fused-ring (bicyclic) bond motifs is 1. The molecule has 0 unspecified atom stereocenters. The summed E-state index contributed by atoms with van der Waals surface area (Å²) < 4.78 is 5.53. The van der Waals surface area contributed by atoms with Crippen molar-refractivity contribution in [2.24, 2.45) is 5.92 Å². The molecule has 0 radical (unpaired) electrons. The maximum absolute atomic E-state index is 12.1. The molecule has 25 heavy (non-hydrogen) atoms. The summed E-state index contributed by atoms with van der Waals surface area (Å²) >= 11 is 0. The van der Waals surface area contributed by atoms with Gasteiger partial charge in [0.15, 0.2) is 6.61 Å². The Hall–Kier alpha value is -3.02. The standard InChI is InChI=1S/C19H21N3O3/c1-13(2)11-22-16-9-8-15(10-17(16)25-12-18(22)23)21-19(24)20-14-6-4-3-5-7-14/h3-10,13H,11-12H2,1-2H3,(H2,20,21,24). The van der Waals surface area contributed by atoms with Crippen LogP contribution in [0, 0.1) is 5.92 Å². The number of ether oxygens (including phenoxy) is 1. The first-order chi connectivity index (χ1) is 12.0. The first kappa shape index (κ1) is 16.8. The van der Waals surface area contributed by atoms with Gasteiger partial charge in [0, 0.05) is 24.0 Å². The van der Waals surface area contributed by atoms with Crippen LogP contribution in [-0.4, -0.2) is 25.1 Å². The first-order valence-electron chi connectivity index (χ1n) is 8.23. The minimum absolute atomic E-state index is 0.0133. The number of anilines is 3. The summed E-state index contributed by atoms with van der Waals surface area (Å²) in [6.07, 6.45) is 0. The molecule has 0 aliphatic carbocycles. The van der Waals surface area contributed by atoms with E-state index in [-0.39, 0.29) is 18.5 Å². The molecule has 0 saturated carbocycles. The molecule has 6 heteroatoms. The molecule has 3 rings (SSSR count). The summed E-state index contributed by atoms with van der Waals surface area (Å²) in [6, 6.07) is 14.2. The molecule has 0 bridgehead atoms. The van der Waals surface area contributed by atoms with Crippen LogP contribution >= 0.6 is 0 Å². The Bertz CT molecular complexity index is 775. The summed E-state index contributed by atoms with van der Waals surface area (Å²) in [4.78, 5) is 25.9. The van der Waals surface area contributed by atoms with Crippen molar-refractivity contribution in [3.63, 3.8) is 0 Å². The lowest BCUT2D eigenvalue weighted by Crippen LogP contribution is -2.40. The number of amides is 3. The summed E-state index contributed by atoms with van der Waals surface area (Å²) in [6.45, 7) is 4.77. The lowest BCUT2D eigenvalue weighted by molar-refractivity contribution is -0.121. The van der Waals surface area contributed by atoms with Gasteiger partial charge in [-0.1, -0.05) is 32.0 Å². The number of nitrogens with one attached hydrogen (secondary N) is 2. The van der Waals surface area contributed by atoms with Crippen LogP contribution < -0.4 is 20.3 Å². The number of benzene rings is 2. The van der Waals surface area contributed by atoms with Crippen LogP contribution in [-0.2, 0) is 4.79 Å². The van der Waals surface area contributed by atoms with Crippen molar-refractivity contribution in [3.05, 3.63) is 48.5 Å². The van der Waals surface area contributed by atoms with Crippen LogP contribution in [0.4, 0.5) is 21.9 Å². The van der Waals surface area contributed by atoms with Gasteiger partial charge in [-0.25, -0.2) is 4.79 Å². The molecule has 0 fully saturated rings. The number of hydrogen-bond donors (Lipinski definition) is 2. The molecule has 1 heterocycles. The van der Waals surface area contributed by atoms with E-state index in [1.807, 2.05) is 30.3 Å². The summed E-state index contributed by atoms with van der Waals surface area (Å²) in [5, 5.41) is 5.53. The third-order valence-corrected chi connectivity index (χ3v) is 3.74. The Kier molecular flexibility index (Phi) is 4.88. The second kappa shape index (κ2) is 7.25. The zero-order valence-electron chi connectivity index (χ0n) is 14.3. The van der Waals surface area contributed by atoms with Crippen LogP contribution in [0.5, 0.6) is 5.75 Å². The topological polar surface area (TPSA) is 70.7 Å². The molecule has 1 aliphatic heterocycles. The zero-order chi connectivity index (χ0) is 17.8. The third kappa shape index (κ3) is 4.09. The van der Waals surface area contributed by atoms with E-state index in [4.69, 9.17) is 4.74 Å². The number of para-hydroxylation sites is 1. The molecule has 2 N–H and O–H groups in total. The number of carbonyl (C=O) groups is 2. The van der Waals surface area contributed by atoms with Crippen molar-refractivity contribution in [1.82, 2.24) is 0 Å². The number of hydrogen-bond acceptors (Lipinski definition) is 3. The van der Waals surface area contributed by atoms with Crippen LogP contribution in [0.2, 0.25) is 0 Å². The largest absolute Gasteiger partial charge is 0.481 e. The van der Waals surface area contributed by atoms with Crippen LogP contribution in [0.25, 0.3) is 0 Å². The average molecular weight is 339 g/mol. The highest BCUT2D eigenvalue weighted by molar-refractivity contribution is 6.01. The Morgan fingerprint density at radius 2 is 1.84 bits per heavy atom. The maximum atomic E-state index is 12.1. The van der Waals surface area contributed by atoms with E-state index in [2.05, 4.69) is 24.5 Å². The van der Waals surface area contributed by atoms with E-state index in [1.54, 1.807) is 23.1 Å². The Labute approximate surface area is 146 Å². The number of carbonyl (C=O) groups excluding carboxylic acids is 2. The molecule has 3 amide bonds. The van der Waals surface area contributed by atoms with E-state index < -0.39 is 0 Å². The molecule has 2 aromatic carbocycles. The van der Waals surface area contributed by atoms with E-state index >= 15 is 0 Å². The first-order valence-corrected chi connectivity index (χ1v) is 8.23. The minimum atomic E-state index is -0.336. The molecule has 6 nitrogen and oxygen atoms in total. The zero-order valence-corrected chi connectivity index (χ0v) is 14.3. The monoisotopic (exact) mass is 339 g/mol. The molecule has 1 aliphatic rings. The van der Waals surface area contributed by atoms with Crippen molar-refractivity contribution in [1.29, 1.82) is 0 Å². The average Bonchev–Trinajstić information content (AvgIpc) is 2.58. The van der Waals surface area contributed by atoms with Gasteiger partial charge in [-0.2, -0.15) is 0 Å². The molecular formula is C19H21N3O3. The molecule has 130 valence electrons. The number of nitrogens with zero attached hydrogens (tertiary/aromatic N) is 1. The van der Waals surface area contributed by atoms with Crippen molar-refractivity contribution < 1.29 is 14.3 Å². The Morgan fingerprint density at radius 3 is 2.56 bits per heavy atom. The van der Waals surface area contributed by atoms with Gasteiger partial charge in [-0.05, 0) is 30.2 Å². The lowest BCUT2D eigenvalue weighted by atomic mass is 10.1. The van der Waals surface area contributed by atoms with Gasteiger partial charge in [0.2, 0.25) is 0 Å². The normalized spacial score (nSPS) is 13.2. The number of urea groups is 1. The second-order valence-electron chi connectivity index (χ2n) is 6.31. The predicted molar refractivity (Wildman–Crippen MR) is 98.2 cm³/mol. The van der Waals surface area contributed by atoms with Crippen molar-refractivity contribution in [3.8, 4) is 5.75 Å². The van der Waals surface area contributed by atoms with E-state index in [1.165, 1.54) is 0 Å². The molecule has 0 saturated heterocycles. The van der Waals surface area contributed by atoms with Crippen molar-refractivity contribution in [2.75, 3.05) is 28.7 Å². The molecule has 0 spiro atoms. The highest BCUT2D eigenvalue weighted by Gasteiger charge is 2.26. The smallest absolute Gasteiger partial charge is 0.323 e. The lowest BCUT2D eigenvalue weighted by Gasteiger charge is -2.31. The molecular weight excluding hydrogens is 318 g/mol. The summed E-state index contributed by atoms with van der Waals surface area (Å²) in [5.41, 5.74) is 2.05. The van der Waals surface area contributed by atoms with Gasteiger partial charge in [0.25, 0.3) is 5.91 Å². The van der Waals surface area contributed by atoms with Crippen molar-refractivity contribution in [2.45, 2.75) is 13.8 Å². The van der Waals surface area contributed by atoms with Gasteiger partial charge in [-0.3, -0.25) is 4.79 Å². The van der Waals surface area contributed by atoms with Gasteiger partial charge in [0.05, 0.1) is 5.69 Å². The summed E-state index contributed by atoms with van der Waals surface area (Å²) in [5.74, 6) is 0.894. The Morgan fingerprint density at radius 1 is 1.12 bits per heavy atom. The third-order valence-electron chi connectivity index (χ3n) is 3.74. The quantitative estimate of drug-likeness (QED) is 0.892. The van der Waals surface area contributed by atoms with E-state index in [9.17, 15) is 9.59 Å². The minimum Gasteiger partial charge on any atom is -0.481 e. The molecule has 0 aromatic heterocycles. The van der Waals surface area contributed by atoms with E-state index in [0.717, 1.165) is 5.69 Å². The molecule has 0 atom stereocenters. The van der Waals surface area contributed by atoms with Gasteiger partial charge in [-0.15, -0.1) is 0 Å². The van der Waals surface area contributed by atoms with Crippen LogP contribution in [0.1, 0.15) is 13.8 Å². The maximum Gasteiger partial charge on any atom is 0.323 e. The highest BCUT2D eigenvalue weighted by atomic mass is 16.5. The Balaban J connectivity index is 1.72. The van der Waals surface area contributed by atoms with Crippen LogP contribution in [0.15, 0.2) is 48.5 Å².